The van der Waals surface area contributed by atoms with Gasteiger partial charge in [0.2, 0.25) is 0 Å². The zero-order valence-corrected chi connectivity index (χ0v) is 10.1. The number of halogens is 1. The first-order chi connectivity index (χ1) is 7.83. The Kier molecular flexibility index (Phi) is 4.07. The number of hydrogen-bond donors (Lipinski definition) is 2. The lowest BCUT2D eigenvalue weighted by Crippen LogP contribution is -2.28. The van der Waals surface area contributed by atoms with Crippen molar-refractivity contribution in [2.24, 2.45) is 5.16 Å². The first kappa shape index (κ1) is 13.4. The molecule has 1 aromatic rings. The van der Waals surface area contributed by atoms with Gasteiger partial charge in [-0.15, -0.1) is 0 Å². The second-order valence-electron chi connectivity index (χ2n) is 4.43. The Balaban J connectivity index is 2.99. The summed E-state index contributed by atoms with van der Waals surface area (Å²) < 4.78 is 18.4. The Bertz CT molecular complexity index is 424. The smallest absolute Gasteiger partial charge is 0.128 e. The molecule has 0 aromatic heterocycles. The molecule has 0 amide bonds. The minimum atomic E-state index is -0.990. The summed E-state index contributed by atoms with van der Waals surface area (Å²) >= 11 is 0. The van der Waals surface area contributed by atoms with E-state index < -0.39 is 11.4 Å². The molecule has 0 unspecified atom stereocenters. The zero-order valence-electron chi connectivity index (χ0n) is 10.1. The van der Waals surface area contributed by atoms with Crippen LogP contribution in [0.5, 0.6) is 5.75 Å². The van der Waals surface area contributed by atoms with E-state index in [0.29, 0.717) is 11.3 Å². The van der Waals surface area contributed by atoms with E-state index in [1.54, 1.807) is 13.8 Å². The Morgan fingerprint density at radius 3 is 2.65 bits per heavy atom. The second kappa shape index (κ2) is 5.14. The fraction of sp³-hybridized carbons (Fsp3) is 0.417. The summed E-state index contributed by atoms with van der Waals surface area (Å²) in [6, 6.07) is 3.90. The van der Waals surface area contributed by atoms with Gasteiger partial charge in [-0.3, -0.25) is 0 Å². The minimum absolute atomic E-state index is 0.0599. The van der Waals surface area contributed by atoms with Crippen LogP contribution in [-0.4, -0.2) is 28.2 Å². The quantitative estimate of drug-likeness (QED) is 0.482. The molecule has 0 atom stereocenters. The molecule has 0 radical (unpaired) electrons. The topological polar surface area (TPSA) is 62.1 Å². The standard InChI is InChI=1S/C12H16FNO3/c1-8(14-16)10-6-9(13)4-5-11(10)17-7-12(2,3)15/h4-6,15-16H,7H2,1-3H3. The van der Waals surface area contributed by atoms with Crippen LogP contribution in [0.2, 0.25) is 0 Å². The molecular weight excluding hydrogens is 225 g/mol. The average Bonchev–Trinajstić information content (AvgIpc) is 2.25. The summed E-state index contributed by atoms with van der Waals surface area (Å²) in [6.45, 7) is 4.79. The van der Waals surface area contributed by atoms with Crippen molar-refractivity contribution >= 4 is 5.71 Å². The van der Waals surface area contributed by atoms with E-state index in [1.165, 1.54) is 25.1 Å². The fourth-order valence-electron chi connectivity index (χ4n) is 1.22. The first-order valence-electron chi connectivity index (χ1n) is 5.17. The molecule has 0 saturated heterocycles. The highest BCUT2D eigenvalue weighted by Crippen LogP contribution is 2.21. The van der Waals surface area contributed by atoms with Crippen LogP contribution in [0.15, 0.2) is 23.4 Å². The van der Waals surface area contributed by atoms with E-state index in [1.807, 2.05) is 0 Å². The van der Waals surface area contributed by atoms with E-state index in [9.17, 15) is 9.50 Å². The van der Waals surface area contributed by atoms with Crippen LogP contribution < -0.4 is 4.74 Å². The molecular formula is C12H16FNO3. The summed E-state index contributed by atoms with van der Waals surface area (Å²) in [5.41, 5.74) is -0.386. The lowest BCUT2D eigenvalue weighted by Gasteiger charge is -2.19. The molecule has 94 valence electrons. The van der Waals surface area contributed by atoms with Gasteiger partial charge >= 0.3 is 0 Å². The van der Waals surface area contributed by atoms with Crippen LogP contribution in [0.1, 0.15) is 26.3 Å². The third-order valence-electron chi connectivity index (χ3n) is 2.06. The van der Waals surface area contributed by atoms with Crippen LogP contribution >= 0.6 is 0 Å². The molecule has 0 aliphatic heterocycles. The molecule has 0 aliphatic carbocycles. The van der Waals surface area contributed by atoms with Crippen molar-refractivity contribution in [3.63, 3.8) is 0 Å². The van der Waals surface area contributed by atoms with Gasteiger partial charge in [-0.1, -0.05) is 5.16 Å². The Morgan fingerprint density at radius 2 is 2.12 bits per heavy atom. The molecule has 2 N–H and O–H groups in total. The number of nitrogens with zero attached hydrogens (tertiary/aromatic N) is 1. The normalized spacial score (nSPS) is 12.6. The Labute approximate surface area is 99.3 Å². The SMILES string of the molecule is CC(=NO)c1cc(F)ccc1OCC(C)(C)O. The van der Waals surface area contributed by atoms with Gasteiger partial charge in [-0.25, -0.2) is 4.39 Å². The van der Waals surface area contributed by atoms with E-state index in [-0.39, 0.29) is 12.3 Å². The average molecular weight is 241 g/mol. The lowest BCUT2D eigenvalue weighted by atomic mass is 10.1. The highest BCUT2D eigenvalue weighted by Gasteiger charge is 2.16. The predicted molar refractivity (Wildman–Crippen MR) is 62.2 cm³/mol. The van der Waals surface area contributed by atoms with Crippen molar-refractivity contribution in [3.05, 3.63) is 29.6 Å². The lowest BCUT2D eigenvalue weighted by molar-refractivity contribution is 0.0284. The van der Waals surface area contributed by atoms with Crippen molar-refractivity contribution in [1.82, 2.24) is 0 Å². The predicted octanol–water partition coefficient (Wildman–Crippen LogP) is 2.17. The summed E-state index contributed by atoms with van der Waals surface area (Å²) in [7, 11) is 0. The molecule has 0 aliphatic rings. The highest BCUT2D eigenvalue weighted by atomic mass is 19.1. The van der Waals surface area contributed by atoms with E-state index in [2.05, 4.69) is 5.16 Å². The van der Waals surface area contributed by atoms with Gasteiger partial charge in [0.1, 0.15) is 18.2 Å². The summed E-state index contributed by atoms with van der Waals surface area (Å²) in [4.78, 5) is 0. The molecule has 4 nitrogen and oxygen atoms in total. The molecule has 5 heteroatoms. The Hall–Kier alpha value is -1.62. The van der Waals surface area contributed by atoms with Gasteiger partial charge in [-0.05, 0) is 39.0 Å². The van der Waals surface area contributed by atoms with Crippen LogP contribution in [0.3, 0.4) is 0 Å². The van der Waals surface area contributed by atoms with Crippen molar-refractivity contribution < 1.29 is 19.4 Å². The Morgan fingerprint density at radius 1 is 1.47 bits per heavy atom. The summed E-state index contributed by atoms with van der Waals surface area (Å²) in [6.07, 6.45) is 0. The van der Waals surface area contributed by atoms with Crippen molar-refractivity contribution in [3.8, 4) is 5.75 Å². The number of oxime groups is 1. The minimum Gasteiger partial charge on any atom is -0.490 e. The van der Waals surface area contributed by atoms with Crippen molar-refractivity contribution in [2.75, 3.05) is 6.61 Å². The number of rotatable bonds is 4. The molecule has 0 fully saturated rings. The van der Waals surface area contributed by atoms with Gasteiger partial charge in [0.25, 0.3) is 0 Å². The highest BCUT2D eigenvalue weighted by molar-refractivity contribution is 6.00. The number of aliphatic hydroxyl groups is 1. The monoisotopic (exact) mass is 241 g/mol. The maximum atomic E-state index is 13.1. The maximum Gasteiger partial charge on any atom is 0.128 e. The third-order valence-corrected chi connectivity index (χ3v) is 2.06. The summed E-state index contributed by atoms with van der Waals surface area (Å²) in [5, 5.41) is 21.2. The second-order valence-corrected chi connectivity index (χ2v) is 4.43. The van der Waals surface area contributed by atoms with E-state index >= 15 is 0 Å². The largest absolute Gasteiger partial charge is 0.490 e. The fourth-order valence-corrected chi connectivity index (χ4v) is 1.22. The molecule has 1 rings (SSSR count). The molecule has 0 bridgehead atoms. The van der Waals surface area contributed by atoms with Gasteiger partial charge in [0, 0.05) is 5.56 Å². The first-order valence-corrected chi connectivity index (χ1v) is 5.17. The zero-order chi connectivity index (χ0) is 13.1. The molecule has 0 saturated carbocycles. The molecule has 17 heavy (non-hydrogen) atoms. The van der Waals surface area contributed by atoms with Crippen LogP contribution in [0, 0.1) is 5.82 Å². The number of benzene rings is 1. The molecule has 0 heterocycles. The van der Waals surface area contributed by atoms with Crippen LogP contribution in [0.4, 0.5) is 4.39 Å². The van der Waals surface area contributed by atoms with Gasteiger partial charge in [0.05, 0.1) is 11.3 Å². The van der Waals surface area contributed by atoms with E-state index in [4.69, 9.17) is 9.94 Å². The van der Waals surface area contributed by atoms with Gasteiger partial charge in [-0.2, -0.15) is 0 Å². The summed E-state index contributed by atoms with van der Waals surface area (Å²) in [5.74, 6) is -0.0811. The van der Waals surface area contributed by atoms with Crippen LogP contribution in [0.25, 0.3) is 0 Å². The number of hydrogen-bond acceptors (Lipinski definition) is 4. The third kappa shape index (κ3) is 4.03. The van der Waals surface area contributed by atoms with Crippen molar-refractivity contribution in [2.45, 2.75) is 26.4 Å². The van der Waals surface area contributed by atoms with Gasteiger partial charge in [0.15, 0.2) is 0 Å². The van der Waals surface area contributed by atoms with Crippen LogP contribution in [-0.2, 0) is 0 Å². The van der Waals surface area contributed by atoms with Gasteiger partial charge < -0.3 is 15.1 Å². The van der Waals surface area contributed by atoms with Crippen molar-refractivity contribution in [1.29, 1.82) is 0 Å². The molecule has 1 aromatic carbocycles. The molecule has 0 spiro atoms. The number of ether oxygens (including phenoxy) is 1. The maximum absolute atomic E-state index is 13.1. The van der Waals surface area contributed by atoms with E-state index in [0.717, 1.165) is 0 Å².